The number of phenols is 1. The molecule has 0 aliphatic carbocycles. The number of likely N-dealkylation sites (N-methyl/N-ethyl adjacent to an activating group) is 1. The number of benzene rings is 2. The minimum absolute atomic E-state index is 0.0661. The summed E-state index contributed by atoms with van der Waals surface area (Å²) in [5.74, 6) is -1.21. The molecule has 12 heteroatoms. The smallest absolute Gasteiger partial charge is 0.415 e. The number of aromatic hydroxyl groups is 1. The second kappa shape index (κ2) is 12.3. The van der Waals surface area contributed by atoms with Crippen LogP contribution < -0.4 is 15.5 Å². The Labute approximate surface area is 240 Å². The maximum Gasteiger partial charge on any atom is 0.415 e. The number of phenolic OH excluding ortho intramolecular Hbond substituents is 1. The molecule has 3 N–H and O–H groups in total. The van der Waals surface area contributed by atoms with Gasteiger partial charge >= 0.3 is 6.09 Å². The van der Waals surface area contributed by atoms with Gasteiger partial charge < -0.3 is 29.6 Å². The summed E-state index contributed by atoms with van der Waals surface area (Å²) in [7, 11) is 1.85. The molecule has 5 rings (SSSR count). The van der Waals surface area contributed by atoms with Crippen LogP contribution in [0.3, 0.4) is 0 Å². The fourth-order valence-electron chi connectivity index (χ4n) is 5.74. The van der Waals surface area contributed by atoms with Gasteiger partial charge in [-0.25, -0.2) is 13.6 Å². The molecule has 0 saturated carbocycles. The van der Waals surface area contributed by atoms with E-state index in [9.17, 15) is 28.6 Å². The van der Waals surface area contributed by atoms with Gasteiger partial charge in [-0.2, -0.15) is 0 Å². The molecular formula is C29H32ClF2N3O6. The predicted octanol–water partition coefficient (Wildman–Crippen LogP) is 4.42. The standard InChI is InChI=1S/C29H32ClF2N3O6/c1-34-10-8-18(22(38)14-34)26-24(41-29(39)35(15-25(31)32)16-5-4-9-33-13-16)12-21(37)27-20(36)11-23(40-28(26)27)17-6-2-3-7-19(17)30/h2-3,6-7,11-12,16,18,22,25,33,37-38H,4-5,8-10,13-15H2,1H3/t16?,18-,22+/m0/s1. The first-order valence-electron chi connectivity index (χ1n) is 13.6. The zero-order chi connectivity index (χ0) is 29.3. The monoisotopic (exact) mass is 591 g/mol. The van der Waals surface area contributed by atoms with E-state index in [2.05, 4.69) is 5.32 Å². The minimum Gasteiger partial charge on any atom is -0.507 e. The fraction of sp³-hybridized carbons (Fsp3) is 0.448. The van der Waals surface area contributed by atoms with E-state index in [0.717, 1.165) is 17.5 Å². The molecule has 2 saturated heterocycles. The molecule has 2 aliphatic heterocycles. The number of hydrogen-bond donors (Lipinski definition) is 3. The normalized spacial score (nSPS) is 21.8. The number of ether oxygens (including phenoxy) is 1. The number of carbonyl (C=O) groups is 1. The van der Waals surface area contributed by atoms with Crippen molar-refractivity contribution in [2.24, 2.45) is 0 Å². The van der Waals surface area contributed by atoms with Crippen LogP contribution in [0.1, 0.15) is 30.7 Å². The van der Waals surface area contributed by atoms with E-state index in [1.807, 2.05) is 11.9 Å². The van der Waals surface area contributed by atoms with Gasteiger partial charge in [-0.15, -0.1) is 0 Å². The van der Waals surface area contributed by atoms with Crippen LogP contribution in [-0.2, 0) is 0 Å². The van der Waals surface area contributed by atoms with E-state index < -0.39 is 48.3 Å². The van der Waals surface area contributed by atoms with Crippen molar-refractivity contribution >= 4 is 28.7 Å². The molecule has 9 nitrogen and oxygen atoms in total. The third-order valence-corrected chi connectivity index (χ3v) is 8.08. The first kappa shape index (κ1) is 29.2. The molecule has 3 aromatic rings. The van der Waals surface area contributed by atoms with Gasteiger partial charge in [0.25, 0.3) is 6.43 Å². The van der Waals surface area contributed by atoms with Crippen molar-refractivity contribution in [3.63, 3.8) is 0 Å². The molecule has 1 aromatic heterocycles. The van der Waals surface area contributed by atoms with Crippen LogP contribution in [0.5, 0.6) is 11.5 Å². The number of carbonyl (C=O) groups excluding carboxylic acids is 1. The number of aliphatic hydroxyl groups excluding tert-OH is 1. The zero-order valence-electron chi connectivity index (χ0n) is 22.5. The number of hydrogen-bond acceptors (Lipinski definition) is 8. The summed E-state index contributed by atoms with van der Waals surface area (Å²) in [6.07, 6.45) is -3.11. The van der Waals surface area contributed by atoms with Crippen LogP contribution in [0, 0.1) is 0 Å². The Morgan fingerprint density at radius 1 is 1.29 bits per heavy atom. The maximum absolute atomic E-state index is 13.5. The van der Waals surface area contributed by atoms with Crippen LogP contribution in [0.4, 0.5) is 13.6 Å². The molecule has 2 fully saturated rings. The van der Waals surface area contributed by atoms with Crippen LogP contribution in [-0.4, -0.2) is 84.4 Å². The van der Waals surface area contributed by atoms with Gasteiger partial charge in [0, 0.05) is 48.3 Å². The Bertz CT molecular complexity index is 1480. The number of halogens is 3. The van der Waals surface area contributed by atoms with Crippen LogP contribution >= 0.6 is 11.6 Å². The highest BCUT2D eigenvalue weighted by molar-refractivity contribution is 6.33. The van der Waals surface area contributed by atoms with Gasteiger partial charge in [-0.3, -0.25) is 9.69 Å². The van der Waals surface area contributed by atoms with Crippen LogP contribution in [0.25, 0.3) is 22.3 Å². The number of piperidine rings is 2. The summed E-state index contributed by atoms with van der Waals surface area (Å²) in [5.41, 5.74) is 0.00532. The number of amides is 1. The summed E-state index contributed by atoms with van der Waals surface area (Å²) >= 11 is 6.37. The van der Waals surface area contributed by atoms with Gasteiger partial charge in [-0.05, 0) is 51.5 Å². The average molecular weight is 592 g/mol. The van der Waals surface area contributed by atoms with E-state index in [0.29, 0.717) is 49.5 Å². The van der Waals surface area contributed by atoms with Gasteiger partial charge in [0.2, 0.25) is 0 Å². The predicted molar refractivity (Wildman–Crippen MR) is 150 cm³/mol. The Morgan fingerprint density at radius 3 is 2.76 bits per heavy atom. The van der Waals surface area contributed by atoms with Crippen LogP contribution in [0.15, 0.2) is 45.6 Å². The fourth-order valence-corrected chi connectivity index (χ4v) is 5.97. The molecule has 3 atom stereocenters. The number of nitrogens with zero attached hydrogens (tertiary/aromatic N) is 2. The summed E-state index contributed by atoms with van der Waals surface area (Å²) in [6, 6.07) is 8.57. The van der Waals surface area contributed by atoms with Gasteiger partial charge in [-0.1, -0.05) is 23.7 Å². The molecule has 2 aliphatic rings. The largest absolute Gasteiger partial charge is 0.507 e. The average Bonchev–Trinajstić information content (AvgIpc) is 2.93. The summed E-state index contributed by atoms with van der Waals surface area (Å²) in [5, 5.41) is 25.3. The topological polar surface area (TPSA) is 115 Å². The number of rotatable bonds is 6. The highest BCUT2D eigenvalue weighted by Crippen LogP contribution is 2.44. The molecule has 1 unspecified atom stereocenters. The van der Waals surface area contributed by atoms with Crippen molar-refractivity contribution in [2.45, 2.75) is 43.8 Å². The van der Waals surface area contributed by atoms with Gasteiger partial charge in [0.15, 0.2) is 5.43 Å². The summed E-state index contributed by atoms with van der Waals surface area (Å²) in [4.78, 5) is 29.7. The third kappa shape index (κ3) is 6.18. The Morgan fingerprint density at radius 2 is 2.07 bits per heavy atom. The number of aliphatic hydroxyl groups is 1. The van der Waals surface area contributed by atoms with Crippen molar-refractivity contribution in [1.29, 1.82) is 0 Å². The number of fused-ring (bicyclic) bond motifs is 1. The molecule has 0 bridgehead atoms. The summed E-state index contributed by atoms with van der Waals surface area (Å²) < 4.78 is 39.0. The SMILES string of the molecule is CN1CC[C@H](c2c(OC(=O)N(CC(F)F)C3CCCNC3)cc(O)c3c(=O)cc(-c4ccccc4Cl)oc23)[C@H](O)C1. The highest BCUT2D eigenvalue weighted by atomic mass is 35.5. The number of β-amino-alcohol motifs (C(OH)–C–C–N with tert-alkyl or cyclic N) is 1. The molecule has 1 amide bonds. The first-order valence-corrected chi connectivity index (χ1v) is 13.9. The molecule has 2 aromatic carbocycles. The first-order chi connectivity index (χ1) is 19.6. The third-order valence-electron chi connectivity index (χ3n) is 7.75. The van der Waals surface area contributed by atoms with Crippen molar-refractivity contribution in [1.82, 2.24) is 15.1 Å². The molecule has 41 heavy (non-hydrogen) atoms. The van der Waals surface area contributed by atoms with Crippen molar-refractivity contribution in [3.05, 3.63) is 57.2 Å². The number of alkyl halides is 2. The maximum atomic E-state index is 13.5. The van der Waals surface area contributed by atoms with E-state index in [1.165, 1.54) is 6.07 Å². The van der Waals surface area contributed by atoms with Crippen molar-refractivity contribution < 1.29 is 32.9 Å². The van der Waals surface area contributed by atoms with Crippen molar-refractivity contribution in [3.8, 4) is 22.8 Å². The van der Waals surface area contributed by atoms with Crippen molar-refractivity contribution in [2.75, 3.05) is 39.8 Å². The van der Waals surface area contributed by atoms with E-state index in [1.54, 1.807) is 24.3 Å². The lowest BCUT2D eigenvalue weighted by Gasteiger charge is -2.36. The lowest BCUT2D eigenvalue weighted by atomic mass is 9.85. The molecule has 0 radical (unpaired) electrons. The summed E-state index contributed by atoms with van der Waals surface area (Å²) in [6.45, 7) is 1.10. The number of likely N-dealkylation sites (tertiary alicyclic amines) is 1. The lowest BCUT2D eigenvalue weighted by Crippen LogP contribution is -2.51. The molecule has 3 heterocycles. The quantitative estimate of drug-likeness (QED) is 0.386. The zero-order valence-corrected chi connectivity index (χ0v) is 23.2. The second-order valence-electron chi connectivity index (χ2n) is 10.6. The van der Waals surface area contributed by atoms with Crippen LogP contribution in [0.2, 0.25) is 5.02 Å². The minimum atomic E-state index is -2.79. The lowest BCUT2D eigenvalue weighted by molar-refractivity contribution is 0.0555. The van der Waals surface area contributed by atoms with E-state index in [4.69, 9.17) is 20.8 Å². The van der Waals surface area contributed by atoms with Gasteiger partial charge in [0.05, 0.1) is 17.7 Å². The second-order valence-corrected chi connectivity index (χ2v) is 11.0. The molecule has 0 spiro atoms. The highest BCUT2D eigenvalue weighted by Gasteiger charge is 2.36. The Balaban J connectivity index is 1.67. The van der Waals surface area contributed by atoms with Gasteiger partial charge in [0.1, 0.15) is 28.2 Å². The Kier molecular flexibility index (Phi) is 8.79. The Hall–Kier alpha value is -3.25. The van der Waals surface area contributed by atoms with E-state index >= 15 is 0 Å². The van der Waals surface area contributed by atoms with E-state index in [-0.39, 0.29) is 28.0 Å². The molecule has 220 valence electrons. The molecular weight excluding hydrogens is 560 g/mol. The number of nitrogens with one attached hydrogen (secondary N) is 1.